The van der Waals surface area contributed by atoms with Gasteiger partial charge in [0.05, 0.1) is 5.69 Å². The zero-order valence-corrected chi connectivity index (χ0v) is 30.2. The summed E-state index contributed by atoms with van der Waals surface area (Å²) in [6.07, 6.45) is 4.05. The third kappa shape index (κ3) is 6.84. The third-order valence-electron chi connectivity index (χ3n) is 8.30. The summed E-state index contributed by atoms with van der Waals surface area (Å²) in [5.41, 5.74) is 8.35. The van der Waals surface area contributed by atoms with Crippen LogP contribution in [0, 0.1) is 32.6 Å². The SMILES string of the molecule is Cc1nn(-c2[c-]c(Oc3[c-]c(N4C=CN(C)[CH-]4)cc(C(C)(C)C)c3)cc(C(C)(C)C)c2)c(C)c1C(C)(C)c1ccccc1.[Pt]. The maximum Gasteiger partial charge on any atom is 0.0640 e. The number of benzene rings is 3. The van der Waals surface area contributed by atoms with Crippen molar-refractivity contribution in [3.63, 3.8) is 0 Å². The van der Waals surface area contributed by atoms with Crippen molar-refractivity contribution in [3.05, 3.63) is 119 Å². The van der Waals surface area contributed by atoms with Crippen LogP contribution in [-0.2, 0) is 37.3 Å². The summed E-state index contributed by atoms with van der Waals surface area (Å²) in [5, 5.41) is 5.06. The maximum absolute atomic E-state index is 6.62. The number of aromatic nitrogens is 2. The minimum absolute atomic E-state index is 0. The Bertz CT molecular complexity index is 1650. The van der Waals surface area contributed by atoms with Gasteiger partial charge in [-0.2, -0.15) is 11.8 Å². The Kier molecular flexibility index (Phi) is 9.34. The molecule has 0 amide bonds. The van der Waals surface area contributed by atoms with Crippen LogP contribution in [0.5, 0.6) is 11.5 Å². The molecule has 0 atom stereocenters. The first-order chi connectivity index (χ1) is 20.0. The molecule has 0 unspecified atom stereocenters. The van der Waals surface area contributed by atoms with Crippen molar-refractivity contribution in [1.82, 2.24) is 14.7 Å². The first kappa shape index (κ1) is 33.6. The van der Waals surface area contributed by atoms with Gasteiger partial charge in [0.15, 0.2) is 0 Å². The van der Waals surface area contributed by atoms with Crippen molar-refractivity contribution < 1.29 is 25.8 Å². The smallest absolute Gasteiger partial charge is 0.0640 e. The van der Waals surface area contributed by atoms with Gasteiger partial charge in [-0.15, -0.1) is 53.2 Å². The molecule has 236 valence electrons. The molecule has 1 aliphatic heterocycles. The van der Waals surface area contributed by atoms with Crippen molar-refractivity contribution in [2.24, 2.45) is 0 Å². The van der Waals surface area contributed by atoms with E-state index in [-0.39, 0.29) is 37.3 Å². The minimum atomic E-state index is -0.206. The fourth-order valence-electron chi connectivity index (χ4n) is 5.78. The van der Waals surface area contributed by atoms with E-state index < -0.39 is 0 Å². The Hall–Kier alpha value is -3.30. The predicted molar refractivity (Wildman–Crippen MR) is 177 cm³/mol. The van der Waals surface area contributed by atoms with Crippen LogP contribution in [0.1, 0.15) is 89.0 Å². The van der Waals surface area contributed by atoms with Gasteiger partial charge >= 0.3 is 0 Å². The summed E-state index contributed by atoms with van der Waals surface area (Å²) in [7, 11) is 2.02. The number of hydrogen-bond donors (Lipinski definition) is 0. The van der Waals surface area contributed by atoms with E-state index >= 15 is 0 Å². The van der Waals surface area contributed by atoms with E-state index in [2.05, 4.69) is 141 Å². The molecule has 0 aliphatic carbocycles. The quantitative estimate of drug-likeness (QED) is 0.183. The molecule has 4 aromatic rings. The first-order valence-electron chi connectivity index (χ1n) is 15.0. The molecule has 6 heteroatoms. The second-order valence-electron chi connectivity index (χ2n) is 14.3. The average Bonchev–Trinajstić information content (AvgIpc) is 3.50. The number of rotatable bonds is 6. The number of nitrogens with zero attached hydrogens (tertiary/aromatic N) is 4. The van der Waals surface area contributed by atoms with Crippen LogP contribution in [0.2, 0.25) is 0 Å². The van der Waals surface area contributed by atoms with E-state index in [1.165, 1.54) is 16.7 Å². The van der Waals surface area contributed by atoms with Crippen molar-refractivity contribution in [1.29, 1.82) is 0 Å². The number of hydrogen-bond acceptors (Lipinski definition) is 4. The molecule has 1 aliphatic rings. The van der Waals surface area contributed by atoms with Crippen molar-refractivity contribution >= 4 is 5.69 Å². The second-order valence-corrected chi connectivity index (χ2v) is 14.3. The van der Waals surface area contributed by atoms with Gasteiger partial charge < -0.3 is 14.5 Å². The van der Waals surface area contributed by atoms with Crippen LogP contribution in [0.3, 0.4) is 0 Å². The first-order valence-corrected chi connectivity index (χ1v) is 15.0. The van der Waals surface area contributed by atoms with E-state index in [9.17, 15) is 0 Å². The van der Waals surface area contributed by atoms with Gasteiger partial charge in [0, 0.05) is 49.2 Å². The average molecular weight is 769 g/mol. The van der Waals surface area contributed by atoms with Crippen LogP contribution in [0.4, 0.5) is 5.69 Å². The molecule has 44 heavy (non-hydrogen) atoms. The topological polar surface area (TPSA) is 33.5 Å². The van der Waals surface area contributed by atoms with Crippen LogP contribution < -0.4 is 9.64 Å². The van der Waals surface area contributed by atoms with Crippen molar-refractivity contribution in [2.45, 2.75) is 85.5 Å². The van der Waals surface area contributed by atoms with Gasteiger partial charge in [-0.25, -0.2) is 0 Å². The number of anilines is 1. The maximum atomic E-state index is 6.62. The Morgan fingerprint density at radius 2 is 1.27 bits per heavy atom. The van der Waals surface area contributed by atoms with Crippen LogP contribution in [0.15, 0.2) is 67.0 Å². The monoisotopic (exact) mass is 768 g/mol. The standard InChI is InChI=1S/C38H45N4O.Pt/c1-26-35(38(9,10)28-15-13-12-14-16-28)27(2)42(39-26)32-20-30(37(6,7)8)22-34(24-32)43-33-21-29(36(3,4)5)19-31(23-33)41-18-17-40(11)25-41;/h12-22,25H,1-11H3;/q-3;. The van der Waals surface area contributed by atoms with Gasteiger partial charge in [0.1, 0.15) is 0 Å². The second kappa shape index (κ2) is 12.2. The zero-order chi connectivity index (χ0) is 31.3. The zero-order valence-electron chi connectivity index (χ0n) is 27.9. The van der Waals surface area contributed by atoms with Gasteiger partial charge in [0.25, 0.3) is 0 Å². The Morgan fingerprint density at radius 3 is 1.80 bits per heavy atom. The molecule has 0 radical (unpaired) electrons. The Balaban J connectivity index is 0.00000442. The van der Waals surface area contributed by atoms with Crippen LogP contribution in [0.25, 0.3) is 5.69 Å². The molecule has 5 rings (SSSR count). The van der Waals surface area contributed by atoms with Crippen molar-refractivity contribution in [3.8, 4) is 17.2 Å². The van der Waals surface area contributed by atoms with Crippen molar-refractivity contribution in [2.75, 3.05) is 11.9 Å². The predicted octanol–water partition coefficient (Wildman–Crippen LogP) is 9.14. The van der Waals surface area contributed by atoms with Gasteiger partial charge in [0.2, 0.25) is 0 Å². The number of aryl methyl sites for hydroxylation is 1. The number of ether oxygens (including phenoxy) is 1. The summed E-state index contributed by atoms with van der Waals surface area (Å²) < 4.78 is 8.65. The molecule has 0 N–H and O–H groups in total. The fraction of sp³-hybridized carbons (Fsp3) is 0.368. The normalized spacial score (nSPS) is 13.8. The minimum Gasteiger partial charge on any atom is -0.510 e. The molecule has 0 bridgehead atoms. The van der Waals surface area contributed by atoms with E-state index in [0.717, 1.165) is 28.3 Å². The molecule has 2 heterocycles. The molecule has 1 aromatic heterocycles. The van der Waals surface area contributed by atoms with E-state index in [1.54, 1.807) is 0 Å². The van der Waals surface area contributed by atoms with Gasteiger partial charge in [-0.1, -0.05) is 85.7 Å². The molecular weight excluding hydrogens is 724 g/mol. The van der Waals surface area contributed by atoms with E-state index in [4.69, 9.17) is 9.84 Å². The summed E-state index contributed by atoms with van der Waals surface area (Å²) in [5.74, 6) is 1.30. The summed E-state index contributed by atoms with van der Waals surface area (Å²) in [6.45, 7) is 24.1. The molecule has 0 fully saturated rings. The third-order valence-corrected chi connectivity index (χ3v) is 8.30. The summed E-state index contributed by atoms with van der Waals surface area (Å²) >= 11 is 0. The van der Waals surface area contributed by atoms with E-state index in [0.29, 0.717) is 11.5 Å². The molecular formula is C38H45N4OPt-3. The fourth-order valence-corrected chi connectivity index (χ4v) is 5.78. The largest absolute Gasteiger partial charge is 0.510 e. The summed E-state index contributed by atoms with van der Waals surface area (Å²) in [6, 6.07) is 26.3. The molecule has 0 saturated carbocycles. The van der Waals surface area contributed by atoms with Crippen LogP contribution >= 0.6 is 0 Å². The summed E-state index contributed by atoms with van der Waals surface area (Å²) in [4.78, 5) is 4.08. The van der Waals surface area contributed by atoms with Crippen LogP contribution in [-0.4, -0.2) is 21.7 Å². The Morgan fingerprint density at radius 1 is 0.727 bits per heavy atom. The van der Waals surface area contributed by atoms with Gasteiger partial charge in [-0.05, 0) is 55.4 Å². The molecule has 0 spiro atoms. The Labute approximate surface area is 279 Å². The molecule has 3 aromatic carbocycles. The molecule has 5 nitrogen and oxygen atoms in total. The molecule has 0 saturated heterocycles. The van der Waals surface area contributed by atoms with Gasteiger partial charge in [-0.3, -0.25) is 4.68 Å². The van der Waals surface area contributed by atoms with E-state index in [1.807, 2.05) is 35.7 Å².